The Labute approximate surface area is 127 Å². The third-order valence-electron chi connectivity index (χ3n) is 4.09. The quantitative estimate of drug-likeness (QED) is 0.840. The fraction of sp³-hybridized carbons (Fsp3) is 0.368. The predicted octanol–water partition coefficient (Wildman–Crippen LogP) is 4.59. The lowest BCUT2D eigenvalue weighted by molar-refractivity contribution is -0.113. The summed E-state index contributed by atoms with van der Waals surface area (Å²) in [4.78, 5) is 0. The average molecular weight is 284 g/mol. The highest BCUT2D eigenvalue weighted by Crippen LogP contribution is 2.33. The van der Waals surface area contributed by atoms with Crippen molar-refractivity contribution in [3.05, 3.63) is 60.2 Å². The Balaban J connectivity index is 2.22. The molecule has 0 spiro atoms. The third kappa shape index (κ3) is 3.52. The van der Waals surface area contributed by atoms with Crippen LogP contribution in [-0.2, 0) is 4.74 Å². The first-order valence-electron chi connectivity index (χ1n) is 7.58. The molecule has 0 radical (unpaired) electrons. The van der Waals surface area contributed by atoms with Crippen LogP contribution in [0.2, 0.25) is 0 Å². The van der Waals surface area contributed by atoms with Gasteiger partial charge in [-0.15, -0.1) is 0 Å². The highest BCUT2D eigenvalue weighted by molar-refractivity contribution is 5.63. The third-order valence-corrected chi connectivity index (χ3v) is 4.09. The lowest BCUT2D eigenvalue weighted by Gasteiger charge is -2.33. The Hall–Kier alpha value is -1.64. The fourth-order valence-electron chi connectivity index (χ4n) is 2.55. The summed E-state index contributed by atoms with van der Waals surface area (Å²) in [5.41, 5.74) is 2.69. The molecule has 2 aromatic carbocycles. The molecular formula is C19H24O2. The normalized spacial score (nSPS) is 15.4. The molecule has 2 heteroatoms. The van der Waals surface area contributed by atoms with Crippen molar-refractivity contribution < 1.29 is 9.84 Å². The van der Waals surface area contributed by atoms with E-state index in [1.165, 1.54) is 5.56 Å². The van der Waals surface area contributed by atoms with Crippen LogP contribution in [0.3, 0.4) is 0 Å². The highest BCUT2D eigenvalue weighted by Gasteiger charge is 2.32. The summed E-state index contributed by atoms with van der Waals surface area (Å²) in [6.45, 7) is 6.56. The van der Waals surface area contributed by atoms with Crippen LogP contribution in [0.5, 0.6) is 0 Å². The molecule has 0 aliphatic carbocycles. The largest absolute Gasteiger partial charge is 0.385 e. The first-order chi connectivity index (χ1) is 10.1. The fourth-order valence-corrected chi connectivity index (χ4v) is 2.55. The van der Waals surface area contributed by atoms with Gasteiger partial charge in [-0.1, -0.05) is 61.5 Å². The summed E-state index contributed by atoms with van der Waals surface area (Å²) < 4.78 is 5.76. The monoisotopic (exact) mass is 284 g/mol. The molecule has 0 aliphatic heterocycles. The molecule has 0 fully saturated rings. The van der Waals surface area contributed by atoms with Crippen LogP contribution in [0.15, 0.2) is 54.6 Å². The van der Waals surface area contributed by atoms with Gasteiger partial charge < -0.3 is 9.84 Å². The predicted molar refractivity (Wildman–Crippen MR) is 87.2 cm³/mol. The van der Waals surface area contributed by atoms with Crippen molar-refractivity contribution in [2.75, 3.05) is 6.61 Å². The van der Waals surface area contributed by atoms with Gasteiger partial charge in [-0.2, -0.15) is 0 Å². The van der Waals surface area contributed by atoms with E-state index < -0.39 is 11.7 Å². The summed E-state index contributed by atoms with van der Waals surface area (Å²) >= 11 is 0. The van der Waals surface area contributed by atoms with Crippen LogP contribution in [0, 0.1) is 0 Å². The Bertz CT molecular complexity index is 548. The summed E-state index contributed by atoms with van der Waals surface area (Å²) in [5, 5.41) is 10.6. The molecule has 2 aromatic rings. The van der Waals surface area contributed by atoms with E-state index in [0.29, 0.717) is 6.61 Å². The molecule has 21 heavy (non-hydrogen) atoms. The van der Waals surface area contributed by atoms with Crippen LogP contribution < -0.4 is 0 Å². The van der Waals surface area contributed by atoms with Crippen LogP contribution in [0.4, 0.5) is 0 Å². The van der Waals surface area contributed by atoms with Crippen molar-refractivity contribution in [2.24, 2.45) is 0 Å². The second-order valence-corrected chi connectivity index (χ2v) is 5.49. The molecule has 0 amide bonds. The minimum absolute atomic E-state index is 0.539. The van der Waals surface area contributed by atoms with E-state index in [1.54, 1.807) is 0 Å². The number of benzene rings is 2. The zero-order valence-electron chi connectivity index (χ0n) is 13.0. The second kappa shape index (κ2) is 6.88. The van der Waals surface area contributed by atoms with E-state index in [2.05, 4.69) is 24.3 Å². The first-order valence-corrected chi connectivity index (χ1v) is 7.58. The Morgan fingerprint density at radius 1 is 0.952 bits per heavy atom. The van der Waals surface area contributed by atoms with Crippen molar-refractivity contribution >= 4 is 0 Å². The maximum absolute atomic E-state index is 10.6. The number of hydrogen-bond donors (Lipinski definition) is 1. The zero-order valence-corrected chi connectivity index (χ0v) is 13.0. The van der Waals surface area contributed by atoms with Gasteiger partial charge >= 0.3 is 0 Å². The average Bonchev–Trinajstić information content (AvgIpc) is 2.55. The second-order valence-electron chi connectivity index (χ2n) is 5.49. The van der Waals surface area contributed by atoms with E-state index in [9.17, 15) is 5.11 Å². The molecule has 0 bridgehead atoms. The molecule has 2 atom stereocenters. The van der Waals surface area contributed by atoms with Gasteiger partial charge in [0.05, 0.1) is 5.60 Å². The van der Waals surface area contributed by atoms with Crippen molar-refractivity contribution in [1.29, 1.82) is 0 Å². The van der Waals surface area contributed by atoms with Gasteiger partial charge in [-0.05, 0) is 37.0 Å². The molecule has 1 N–H and O–H groups in total. The summed E-state index contributed by atoms with van der Waals surface area (Å²) in [7, 11) is 0. The minimum atomic E-state index is -0.618. The SMILES string of the molecule is CCOC(C)(CC)C(O)c1ccc(-c2ccccc2)cc1. The molecule has 0 aromatic heterocycles. The molecule has 0 saturated carbocycles. The van der Waals surface area contributed by atoms with Gasteiger partial charge in [0, 0.05) is 6.61 Å². The van der Waals surface area contributed by atoms with E-state index in [-0.39, 0.29) is 0 Å². The van der Waals surface area contributed by atoms with Crippen LogP contribution in [-0.4, -0.2) is 17.3 Å². The van der Waals surface area contributed by atoms with Crippen molar-refractivity contribution in [1.82, 2.24) is 0 Å². The van der Waals surface area contributed by atoms with E-state index in [1.807, 2.05) is 51.1 Å². The standard InChI is InChI=1S/C19H24O2/c1-4-19(3,21-5-2)18(20)17-13-11-16(12-14-17)15-9-7-6-8-10-15/h6-14,18,20H,4-5H2,1-3H3. The summed E-state index contributed by atoms with van der Waals surface area (Å²) in [6.07, 6.45) is 0.148. The van der Waals surface area contributed by atoms with Crippen molar-refractivity contribution in [3.63, 3.8) is 0 Å². The van der Waals surface area contributed by atoms with Crippen LogP contribution in [0.1, 0.15) is 38.9 Å². The van der Waals surface area contributed by atoms with Gasteiger partial charge in [0.1, 0.15) is 6.10 Å². The van der Waals surface area contributed by atoms with Crippen LogP contribution in [0.25, 0.3) is 11.1 Å². The topological polar surface area (TPSA) is 29.5 Å². The van der Waals surface area contributed by atoms with Gasteiger partial charge in [0.25, 0.3) is 0 Å². The number of hydrogen-bond acceptors (Lipinski definition) is 2. The van der Waals surface area contributed by atoms with Crippen LogP contribution >= 0.6 is 0 Å². The van der Waals surface area contributed by atoms with Gasteiger partial charge in [0.2, 0.25) is 0 Å². The van der Waals surface area contributed by atoms with Gasteiger partial charge in [-0.3, -0.25) is 0 Å². The number of aliphatic hydroxyl groups is 1. The molecule has 0 saturated heterocycles. The first kappa shape index (κ1) is 15.7. The van der Waals surface area contributed by atoms with E-state index >= 15 is 0 Å². The molecule has 112 valence electrons. The zero-order chi connectivity index (χ0) is 15.3. The number of aliphatic hydroxyl groups excluding tert-OH is 1. The smallest absolute Gasteiger partial charge is 0.108 e. The van der Waals surface area contributed by atoms with Gasteiger partial charge in [0.15, 0.2) is 0 Å². The molecule has 2 rings (SSSR count). The van der Waals surface area contributed by atoms with Gasteiger partial charge in [-0.25, -0.2) is 0 Å². The maximum atomic E-state index is 10.6. The van der Waals surface area contributed by atoms with E-state index in [0.717, 1.165) is 17.5 Å². The summed E-state index contributed by atoms with van der Waals surface area (Å²) in [6, 6.07) is 18.3. The molecule has 2 unspecified atom stereocenters. The van der Waals surface area contributed by atoms with Crippen molar-refractivity contribution in [2.45, 2.75) is 38.9 Å². The Morgan fingerprint density at radius 2 is 1.52 bits per heavy atom. The molecule has 0 aliphatic rings. The van der Waals surface area contributed by atoms with E-state index in [4.69, 9.17) is 4.74 Å². The minimum Gasteiger partial charge on any atom is -0.385 e. The number of rotatable bonds is 6. The lowest BCUT2D eigenvalue weighted by Crippen LogP contribution is -2.35. The Morgan fingerprint density at radius 3 is 2.05 bits per heavy atom. The maximum Gasteiger partial charge on any atom is 0.108 e. The Kier molecular flexibility index (Phi) is 5.16. The lowest BCUT2D eigenvalue weighted by atomic mass is 9.89. The molecule has 0 heterocycles. The molecular weight excluding hydrogens is 260 g/mol. The van der Waals surface area contributed by atoms with Crippen molar-refractivity contribution in [3.8, 4) is 11.1 Å². The highest BCUT2D eigenvalue weighted by atomic mass is 16.5. The number of ether oxygens (including phenoxy) is 1. The summed E-state index contributed by atoms with van der Waals surface area (Å²) in [5.74, 6) is 0. The molecule has 2 nitrogen and oxygen atoms in total.